The Morgan fingerprint density at radius 2 is 1.74 bits per heavy atom. The molecule has 0 saturated carbocycles. The number of piperidine rings is 1. The van der Waals surface area contributed by atoms with Crippen LogP contribution in [0.3, 0.4) is 0 Å². The van der Waals surface area contributed by atoms with Gasteiger partial charge in [-0.05, 0) is 62.1 Å². The minimum absolute atomic E-state index is 0.0503. The van der Waals surface area contributed by atoms with Crippen molar-refractivity contribution in [3.05, 3.63) is 59.9 Å². The molecule has 1 aromatic heterocycles. The van der Waals surface area contributed by atoms with Gasteiger partial charge < -0.3 is 15.0 Å². The largest absolute Gasteiger partial charge is 0.494 e. The molecule has 1 aromatic carbocycles. The molecule has 1 aliphatic rings. The van der Waals surface area contributed by atoms with Crippen LogP contribution < -0.4 is 10.1 Å². The molecule has 2 heterocycles. The smallest absolute Gasteiger partial charge is 0.253 e. The number of pyridine rings is 1. The Balaban J connectivity index is 1.44. The third kappa shape index (κ3) is 5.06. The summed E-state index contributed by atoms with van der Waals surface area (Å²) in [6, 6.07) is 10.6. The number of hydrogen-bond acceptors (Lipinski definition) is 4. The van der Waals surface area contributed by atoms with Gasteiger partial charge in [0.15, 0.2) is 0 Å². The number of hydrogen-bond donors (Lipinski definition) is 1. The summed E-state index contributed by atoms with van der Waals surface area (Å²) in [5.41, 5.74) is 1.30. The first-order chi connectivity index (χ1) is 13.2. The fourth-order valence-electron chi connectivity index (χ4n) is 3.23. The first-order valence-electron chi connectivity index (χ1n) is 9.37. The van der Waals surface area contributed by atoms with E-state index in [-0.39, 0.29) is 11.8 Å². The molecule has 1 N–H and O–H groups in total. The highest BCUT2D eigenvalue weighted by Crippen LogP contribution is 2.19. The number of amides is 2. The van der Waals surface area contributed by atoms with Gasteiger partial charge in [-0.2, -0.15) is 0 Å². The van der Waals surface area contributed by atoms with Gasteiger partial charge in [-0.15, -0.1) is 0 Å². The van der Waals surface area contributed by atoms with E-state index in [2.05, 4.69) is 10.3 Å². The summed E-state index contributed by atoms with van der Waals surface area (Å²) in [5.74, 6) is 1.13. The summed E-state index contributed by atoms with van der Waals surface area (Å²) in [6.07, 6.45) is 5.05. The van der Waals surface area contributed by atoms with Crippen LogP contribution in [0.4, 0.5) is 0 Å². The summed E-state index contributed by atoms with van der Waals surface area (Å²) in [4.78, 5) is 30.6. The maximum atomic E-state index is 12.4. The number of aromatic nitrogens is 1. The number of likely N-dealkylation sites (tertiary alicyclic amines) is 1. The molecule has 0 spiro atoms. The molecule has 1 saturated heterocycles. The molecular formula is C21H25N3O3. The van der Waals surface area contributed by atoms with Crippen LogP contribution in [0, 0.1) is 5.92 Å². The number of rotatable bonds is 6. The van der Waals surface area contributed by atoms with E-state index in [1.54, 1.807) is 36.7 Å². The van der Waals surface area contributed by atoms with Gasteiger partial charge in [0.2, 0.25) is 0 Å². The van der Waals surface area contributed by atoms with Crippen LogP contribution >= 0.6 is 0 Å². The van der Waals surface area contributed by atoms with Crippen molar-refractivity contribution in [2.45, 2.75) is 19.8 Å². The number of ether oxygens (including phenoxy) is 1. The predicted octanol–water partition coefficient (Wildman–Crippen LogP) is 2.76. The third-order valence-electron chi connectivity index (χ3n) is 4.81. The molecule has 0 unspecified atom stereocenters. The van der Waals surface area contributed by atoms with Crippen LogP contribution in [0.25, 0.3) is 0 Å². The normalized spacial score (nSPS) is 14.6. The molecule has 6 nitrogen and oxygen atoms in total. The van der Waals surface area contributed by atoms with Gasteiger partial charge in [0.1, 0.15) is 5.75 Å². The first kappa shape index (κ1) is 18.9. The average Bonchev–Trinajstić information content (AvgIpc) is 2.73. The Morgan fingerprint density at radius 1 is 1.07 bits per heavy atom. The zero-order valence-electron chi connectivity index (χ0n) is 15.6. The van der Waals surface area contributed by atoms with E-state index in [1.807, 2.05) is 24.0 Å². The SMILES string of the molecule is CCOc1ccc(C(=O)NCC2CCN(C(=O)c3ccncc3)CC2)cc1. The van der Waals surface area contributed by atoms with E-state index >= 15 is 0 Å². The Kier molecular flexibility index (Phi) is 6.41. The lowest BCUT2D eigenvalue weighted by Crippen LogP contribution is -2.41. The zero-order chi connectivity index (χ0) is 19.1. The molecule has 0 bridgehead atoms. The highest BCUT2D eigenvalue weighted by atomic mass is 16.5. The minimum atomic E-state index is -0.0756. The summed E-state index contributed by atoms with van der Waals surface area (Å²) in [7, 11) is 0. The van der Waals surface area contributed by atoms with Crippen molar-refractivity contribution in [2.24, 2.45) is 5.92 Å². The van der Waals surface area contributed by atoms with Gasteiger partial charge >= 0.3 is 0 Å². The fraction of sp³-hybridized carbons (Fsp3) is 0.381. The molecule has 2 aromatic rings. The van der Waals surface area contributed by atoms with E-state index in [0.29, 0.717) is 43.3 Å². The second-order valence-electron chi connectivity index (χ2n) is 6.64. The lowest BCUT2D eigenvalue weighted by Gasteiger charge is -2.32. The fourth-order valence-corrected chi connectivity index (χ4v) is 3.23. The van der Waals surface area contributed by atoms with Crippen LogP contribution in [0.15, 0.2) is 48.8 Å². The highest BCUT2D eigenvalue weighted by molar-refractivity contribution is 5.94. The molecule has 0 radical (unpaired) electrons. The summed E-state index contributed by atoms with van der Waals surface area (Å²) in [5, 5.41) is 3.00. The second kappa shape index (κ2) is 9.16. The van der Waals surface area contributed by atoms with E-state index in [0.717, 1.165) is 18.6 Å². The van der Waals surface area contributed by atoms with E-state index in [4.69, 9.17) is 4.74 Å². The van der Waals surface area contributed by atoms with Crippen LogP contribution in [0.2, 0.25) is 0 Å². The maximum Gasteiger partial charge on any atom is 0.253 e. The van der Waals surface area contributed by atoms with Gasteiger partial charge in [0.05, 0.1) is 6.61 Å². The zero-order valence-corrected chi connectivity index (χ0v) is 15.6. The van der Waals surface area contributed by atoms with Crippen molar-refractivity contribution in [2.75, 3.05) is 26.2 Å². The van der Waals surface area contributed by atoms with Crippen molar-refractivity contribution >= 4 is 11.8 Å². The summed E-state index contributed by atoms with van der Waals surface area (Å²) < 4.78 is 5.39. The van der Waals surface area contributed by atoms with Crippen molar-refractivity contribution in [1.29, 1.82) is 0 Å². The van der Waals surface area contributed by atoms with Gasteiger partial charge in [-0.3, -0.25) is 14.6 Å². The molecule has 142 valence electrons. The molecule has 1 aliphatic heterocycles. The lowest BCUT2D eigenvalue weighted by atomic mass is 9.96. The molecule has 3 rings (SSSR count). The average molecular weight is 367 g/mol. The number of carbonyl (C=O) groups excluding carboxylic acids is 2. The maximum absolute atomic E-state index is 12.4. The third-order valence-corrected chi connectivity index (χ3v) is 4.81. The minimum Gasteiger partial charge on any atom is -0.494 e. The summed E-state index contributed by atoms with van der Waals surface area (Å²) >= 11 is 0. The molecule has 2 amide bonds. The summed E-state index contributed by atoms with van der Waals surface area (Å²) in [6.45, 7) is 4.59. The Hall–Kier alpha value is -2.89. The molecule has 27 heavy (non-hydrogen) atoms. The van der Waals surface area contributed by atoms with Gasteiger partial charge in [-0.1, -0.05) is 0 Å². The van der Waals surface area contributed by atoms with E-state index < -0.39 is 0 Å². The second-order valence-corrected chi connectivity index (χ2v) is 6.64. The quantitative estimate of drug-likeness (QED) is 0.852. The van der Waals surface area contributed by atoms with Crippen LogP contribution in [0.1, 0.15) is 40.5 Å². The van der Waals surface area contributed by atoms with Gasteiger partial charge in [0, 0.05) is 43.2 Å². The predicted molar refractivity (Wildman–Crippen MR) is 103 cm³/mol. The van der Waals surface area contributed by atoms with Crippen LogP contribution in [0.5, 0.6) is 5.75 Å². The lowest BCUT2D eigenvalue weighted by molar-refractivity contribution is 0.0684. The van der Waals surface area contributed by atoms with Crippen molar-refractivity contribution in [1.82, 2.24) is 15.2 Å². The molecule has 1 fully saturated rings. The number of carbonyl (C=O) groups is 2. The Labute approximate surface area is 159 Å². The van der Waals surface area contributed by atoms with E-state index in [1.165, 1.54) is 0 Å². The highest BCUT2D eigenvalue weighted by Gasteiger charge is 2.24. The number of benzene rings is 1. The van der Waals surface area contributed by atoms with Gasteiger partial charge in [-0.25, -0.2) is 0 Å². The molecular weight excluding hydrogens is 342 g/mol. The topological polar surface area (TPSA) is 71.5 Å². The van der Waals surface area contributed by atoms with E-state index in [9.17, 15) is 9.59 Å². The Bertz CT molecular complexity index is 754. The Morgan fingerprint density at radius 3 is 2.37 bits per heavy atom. The molecule has 0 aliphatic carbocycles. The van der Waals surface area contributed by atoms with Crippen molar-refractivity contribution in [3.8, 4) is 5.75 Å². The van der Waals surface area contributed by atoms with Gasteiger partial charge in [0.25, 0.3) is 11.8 Å². The molecule has 0 atom stereocenters. The number of nitrogens with one attached hydrogen (secondary N) is 1. The number of nitrogens with zero attached hydrogens (tertiary/aromatic N) is 2. The van der Waals surface area contributed by atoms with Crippen LogP contribution in [-0.2, 0) is 0 Å². The van der Waals surface area contributed by atoms with Crippen LogP contribution in [-0.4, -0.2) is 47.9 Å². The molecule has 6 heteroatoms. The van der Waals surface area contributed by atoms with Crippen molar-refractivity contribution < 1.29 is 14.3 Å². The first-order valence-corrected chi connectivity index (χ1v) is 9.37. The monoisotopic (exact) mass is 367 g/mol. The van der Waals surface area contributed by atoms with Crippen molar-refractivity contribution in [3.63, 3.8) is 0 Å². The standard InChI is InChI=1S/C21H25N3O3/c1-2-27-19-5-3-17(4-6-19)20(25)23-15-16-9-13-24(14-10-16)21(26)18-7-11-22-12-8-18/h3-8,11-12,16H,2,9-10,13-15H2,1H3,(H,23,25).